The van der Waals surface area contributed by atoms with Gasteiger partial charge in [-0.1, -0.05) is 12.1 Å². The van der Waals surface area contributed by atoms with Crippen LogP contribution in [0.1, 0.15) is 12.5 Å². The summed E-state index contributed by atoms with van der Waals surface area (Å²) < 4.78 is 21.3. The van der Waals surface area contributed by atoms with Crippen molar-refractivity contribution in [1.29, 1.82) is 0 Å². The number of hydrogen-bond donors (Lipinski definition) is 0. The molecule has 0 unspecified atom stereocenters. The van der Waals surface area contributed by atoms with Crippen LogP contribution in [0.3, 0.4) is 0 Å². The molecule has 0 aliphatic rings. The lowest BCUT2D eigenvalue weighted by Crippen LogP contribution is -2.00. The molecular formula is C18H16O5. The van der Waals surface area contributed by atoms with E-state index in [9.17, 15) is 4.79 Å². The fraction of sp³-hybridized carbons (Fsp3) is 0.167. The number of carbonyl (C=O) groups is 1. The van der Waals surface area contributed by atoms with Crippen molar-refractivity contribution in [2.75, 3.05) is 7.11 Å². The van der Waals surface area contributed by atoms with E-state index in [1.165, 1.54) is 13.2 Å². The molecule has 3 rings (SSSR count). The molecule has 0 bridgehead atoms. The van der Waals surface area contributed by atoms with E-state index >= 15 is 0 Å². The second kappa shape index (κ2) is 6.44. The van der Waals surface area contributed by atoms with E-state index in [1.807, 2.05) is 30.3 Å². The van der Waals surface area contributed by atoms with Crippen LogP contribution < -0.4 is 14.2 Å². The molecule has 0 saturated heterocycles. The van der Waals surface area contributed by atoms with Crippen LogP contribution in [-0.2, 0) is 11.4 Å². The molecule has 0 aliphatic heterocycles. The lowest BCUT2D eigenvalue weighted by molar-refractivity contribution is -0.131. The van der Waals surface area contributed by atoms with Crippen LogP contribution >= 0.6 is 0 Å². The number of methoxy groups -OCH3 is 1. The first-order chi connectivity index (χ1) is 11.2. The van der Waals surface area contributed by atoms with Gasteiger partial charge in [0, 0.05) is 13.0 Å². The van der Waals surface area contributed by atoms with E-state index in [2.05, 4.69) is 0 Å². The Balaban J connectivity index is 1.71. The average molecular weight is 312 g/mol. The molecule has 5 nitrogen and oxygen atoms in total. The number of carbonyl (C=O) groups excluding carboxylic acids is 1. The molecular weight excluding hydrogens is 296 g/mol. The Labute approximate surface area is 133 Å². The predicted octanol–water partition coefficient (Wildman–Crippen LogP) is 3.95. The number of benzene rings is 2. The highest BCUT2D eigenvalue weighted by molar-refractivity contribution is 5.87. The maximum absolute atomic E-state index is 11.0. The maximum Gasteiger partial charge on any atom is 0.308 e. The zero-order chi connectivity index (χ0) is 16.2. The Kier molecular flexibility index (Phi) is 4.19. The van der Waals surface area contributed by atoms with Gasteiger partial charge < -0.3 is 18.6 Å². The standard InChI is InChI=1S/C18H16O5/c1-12(19)23-18-11-22-17-9-15(7-8-16(17)18)21-10-13-3-5-14(20-2)6-4-13/h3-9,11H,10H2,1-2H3. The van der Waals surface area contributed by atoms with Gasteiger partial charge in [0.05, 0.1) is 12.5 Å². The largest absolute Gasteiger partial charge is 0.497 e. The zero-order valence-electron chi connectivity index (χ0n) is 12.9. The fourth-order valence-electron chi connectivity index (χ4n) is 2.20. The first-order valence-electron chi connectivity index (χ1n) is 7.11. The van der Waals surface area contributed by atoms with Crippen molar-refractivity contribution >= 4 is 16.9 Å². The number of furan rings is 1. The van der Waals surface area contributed by atoms with Gasteiger partial charge in [0.15, 0.2) is 5.75 Å². The molecule has 1 heterocycles. The van der Waals surface area contributed by atoms with Crippen LogP contribution in [0.5, 0.6) is 17.2 Å². The van der Waals surface area contributed by atoms with Gasteiger partial charge in [0.1, 0.15) is 30.0 Å². The minimum atomic E-state index is -0.382. The highest BCUT2D eigenvalue weighted by atomic mass is 16.5. The smallest absolute Gasteiger partial charge is 0.308 e. The van der Waals surface area contributed by atoms with Gasteiger partial charge in [-0.3, -0.25) is 4.79 Å². The van der Waals surface area contributed by atoms with Gasteiger partial charge in [-0.2, -0.15) is 0 Å². The van der Waals surface area contributed by atoms with E-state index in [0.717, 1.165) is 16.7 Å². The van der Waals surface area contributed by atoms with Gasteiger partial charge in [0.2, 0.25) is 0 Å². The summed E-state index contributed by atoms with van der Waals surface area (Å²) in [5, 5.41) is 0.733. The third-order valence-electron chi connectivity index (χ3n) is 3.33. The lowest BCUT2D eigenvalue weighted by Gasteiger charge is -2.07. The number of rotatable bonds is 5. The van der Waals surface area contributed by atoms with Crippen LogP contribution in [0.4, 0.5) is 0 Å². The Hall–Kier alpha value is -2.95. The van der Waals surface area contributed by atoms with Crippen molar-refractivity contribution in [3.8, 4) is 17.2 Å². The van der Waals surface area contributed by atoms with E-state index in [1.54, 1.807) is 19.2 Å². The Bertz CT molecular complexity index is 817. The summed E-state index contributed by atoms with van der Waals surface area (Å²) in [4.78, 5) is 11.0. The molecule has 118 valence electrons. The molecule has 2 aromatic carbocycles. The lowest BCUT2D eigenvalue weighted by atomic mass is 10.2. The molecule has 1 aromatic heterocycles. The maximum atomic E-state index is 11.0. The number of ether oxygens (including phenoxy) is 3. The average Bonchev–Trinajstić information content (AvgIpc) is 2.95. The summed E-state index contributed by atoms with van der Waals surface area (Å²) in [5.41, 5.74) is 1.64. The van der Waals surface area contributed by atoms with Crippen LogP contribution in [0.2, 0.25) is 0 Å². The minimum absolute atomic E-state index is 0.382. The van der Waals surface area contributed by atoms with Gasteiger partial charge in [-0.05, 0) is 29.8 Å². The molecule has 0 saturated carbocycles. The molecule has 0 radical (unpaired) electrons. The molecule has 0 amide bonds. The summed E-state index contributed by atoms with van der Waals surface area (Å²) in [6.07, 6.45) is 1.42. The first-order valence-corrected chi connectivity index (χ1v) is 7.11. The second-order valence-corrected chi connectivity index (χ2v) is 4.99. The minimum Gasteiger partial charge on any atom is -0.497 e. The summed E-state index contributed by atoms with van der Waals surface area (Å²) >= 11 is 0. The summed E-state index contributed by atoms with van der Waals surface area (Å²) in [7, 11) is 1.63. The number of fused-ring (bicyclic) bond motifs is 1. The Morgan fingerprint density at radius 2 is 1.83 bits per heavy atom. The summed E-state index contributed by atoms with van der Waals surface area (Å²) in [6, 6.07) is 13.1. The quantitative estimate of drug-likeness (QED) is 0.668. The third-order valence-corrected chi connectivity index (χ3v) is 3.33. The van der Waals surface area contributed by atoms with Gasteiger partial charge in [-0.25, -0.2) is 0 Å². The van der Waals surface area contributed by atoms with E-state index in [4.69, 9.17) is 18.6 Å². The van der Waals surface area contributed by atoms with Crippen molar-refractivity contribution in [1.82, 2.24) is 0 Å². The van der Waals surface area contributed by atoms with Crippen molar-refractivity contribution in [2.24, 2.45) is 0 Å². The highest BCUT2D eigenvalue weighted by Crippen LogP contribution is 2.31. The van der Waals surface area contributed by atoms with Crippen molar-refractivity contribution < 1.29 is 23.4 Å². The highest BCUT2D eigenvalue weighted by Gasteiger charge is 2.10. The molecule has 0 spiro atoms. The van der Waals surface area contributed by atoms with Crippen molar-refractivity contribution in [2.45, 2.75) is 13.5 Å². The number of hydrogen-bond acceptors (Lipinski definition) is 5. The molecule has 0 N–H and O–H groups in total. The van der Waals surface area contributed by atoms with Gasteiger partial charge in [-0.15, -0.1) is 0 Å². The zero-order valence-corrected chi connectivity index (χ0v) is 12.9. The topological polar surface area (TPSA) is 57.9 Å². The summed E-state index contributed by atoms with van der Waals surface area (Å²) in [5.74, 6) is 1.52. The molecule has 23 heavy (non-hydrogen) atoms. The molecule has 3 aromatic rings. The van der Waals surface area contributed by atoms with E-state index < -0.39 is 0 Å². The summed E-state index contributed by atoms with van der Waals surface area (Å²) in [6.45, 7) is 1.79. The SMILES string of the molecule is COc1ccc(COc2ccc3c(OC(C)=O)coc3c2)cc1. The van der Waals surface area contributed by atoms with Gasteiger partial charge >= 0.3 is 5.97 Å². The Morgan fingerprint density at radius 1 is 1.09 bits per heavy atom. The first kappa shape index (κ1) is 15.0. The van der Waals surface area contributed by atoms with Crippen LogP contribution in [0.15, 0.2) is 53.1 Å². The number of esters is 1. The molecule has 0 aliphatic carbocycles. The van der Waals surface area contributed by atoms with Gasteiger partial charge in [0.25, 0.3) is 0 Å². The fourth-order valence-corrected chi connectivity index (χ4v) is 2.20. The van der Waals surface area contributed by atoms with E-state index in [0.29, 0.717) is 23.7 Å². The van der Waals surface area contributed by atoms with Crippen LogP contribution in [0.25, 0.3) is 11.0 Å². The predicted molar refractivity (Wildman–Crippen MR) is 84.8 cm³/mol. The Morgan fingerprint density at radius 3 is 2.52 bits per heavy atom. The third kappa shape index (κ3) is 3.45. The van der Waals surface area contributed by atoms with Crippen molar-refractivity contribution in [3.05, 3.63) is 54.3 Å². The molecule has 0 atom stereocenters. The monoisotopic (exact) mass is 312 g/mol. The second-order valence-electron chi connectivity index (χ2n) is 4.99. The molecule has 0 fully saturated rings. The normalized spacial score (nSPS) is 10.5. The van der Waals surface area contributed by atoms with Crippen LogP contribution in [0, 0.1) is 0 Å². The van der Waals surface area contributed by atoms with Crippen LogP contribution in [-0.4, -0.2) is 13.1 Å². The van der Waals surface area contributed by atoms with Crippen molar-refractivity contribution in [3.63, 3.8) is 0 Å². The molecule has 5 heteroatoms. The van der Waals surface area contributed by atoms with E-state index in [-0.39, 0.29) is 5.97 Å².